The maximum absolute atomic E-state index is 15.2. The highest BCUT2D eigenvalue weighted by Gasteiger charge is 2.35. The minimum Gasteiger partial charge on any atom is -0.493 e. The number of nitrogens with zero attached hydrogens (tertiary/aromatic N) is 1. The van der Waals surface area contributed by atoms with Crippen molar-refractivity contribution in [3.8, 4) is 17.2 Å². The third kappa shape index (κ3) is 3.75. The van der Waals surface area contributed by atoms with Gasteiger partial charge in [0.1, 0.15) is 18.0 Å². The zero-order valence-corrected chi connectivity index (χ0v) is 18.0. The van der Waals surface area contributed by atoms with E-state index in [0.717, 1.165) is 11.4 Å². The molecule has 0 radical (unpaired) electrons. The van der Waals surface area contributed by atoms with Crippen LogP contribution < -0.4 is 9.47 Å². The molecule has 1 aliphatic rings. The molecule has 1 aliphatic heterocycles. The molecular weight excluding hydrogens is 425 g/mol. The van der Waals surface area contributed by atoms with E-state index >= 15 is 4.39 Å². The molecule has 2 aromatic carbocycles. The number of methoxy groups -OCH3 is 3. The second kappa shape index (κ2) is 8.61. The maximum Gasteiger partial charge on any atom is 0.308 e. The molecule has 6 nitrogen and oxygen atoms in total. The predicted octanol–water partition coefficient (Wildman–Crippen LogP) is 5.01. The van der Waals surface area contributed by atoms with Crippen LogP contribution in [0.25, 0.3) is 5.69 Å². The zero-order valence-electron chi connectivity index (χ0n) is 17.2. The number of aromatic nitrogens is 1. The molecule has 0 fully saturated rings. The Labute approximate surface area is 184 Å². The van der Waals surface area contributed by atoms with Crippen molar-refractivity contribution in [3.05, 3.63) is 76.3 Å². The molecule has 0 unspecified atom stereocenters. The van der Waals surface area contributed by atoms with E-state index in [-0.39, 0.29) is 17.7 Å². The highest BCUT2D eigenvalue weighted by molar-refractivity contribution is 6.30. The quantitative estimate of drug-likeness (QED) is 0.517. The molecule has 8 heteroatoms. The summed E-state index contributed by atoms with van der Waals surface area (Å²) < 4.78 is 39.3. The van der Waals surface area contributed by atoms with Crippen LogP contribution in [0, 0.1) is 5.82 Å². The van der Waals surface area contributed by atoms with Crippen molar-refractivity contribution in [1.82, 2.24) is 4.57 Å². The number of halogens is 2. The lowest BCUT2D eigenvalue weighted by atomic mass is 9.97. The number of carbonyl (C=O) groups is 1. The Morgan fingerprint density at radius 1 is 1.16 bits per heavy atom. The van der Waals surface area contributed by atoms with Gasteiger partial charge in [-0.2, -0.15) is 0 Å². The summed E-state index contributed by atoms with van der Waals surface area (Å²) in [5.41, 5.74) is 2.28. The van der Waals surface area contributed by atoms with Crippen molar-refractivity contribution in [2.24, 2.45) is 0 Å². The molecule has 0 bridgehead atoms. The molecule has 0 aliphatic carbocycles. The Morgan fingerprint density at radius 3 is 2.68 bits per heavy atom. The molecule has 1 aromatic heterocycles. The van der Waals surface area contributed by atoms with Crippen LogP contribution in [0.4, 0.5) is 4.39 Å². The highest BCUT2D eigenvalue weighted by atomic mass is 35.5. The number of hydrogen-bond donors (Lipinski definition) is 0. The van der Waals surface area contributed by atoms with Crippen molar-refractivity contribution < 1.29 is 28.1 Å². The summed E-state index contributed by atoms with van der Waals surface area (Å²) in [6.07, 6.45) is 0.186. The second-order valence-corrected chi connectivity index (χ2v) is 7.42. The number of ether oxygens (including phenoxy) is 4. The standard InChI is InChI=1S/C23H21ClFNO5/c1-28-18-9-7-15(25)21(23(18)30-3)22-14-11-13(24)6-8-16(14)26-10-4-5-17(26)19(31-22)12-20(27)29-2/h4-11,19,22H,12H2,1-3H3/t19-,22+/m1/s1. The van der Waals surface area contributed by atoms with E-state index in [0.29, 0.717) is 16.3 Å². The molecule has 2 heterocycles. The lowest BCUT2D eigenvalue weighted by Gasteiger charge is -2.25. The van der Waals surface area contributed by atoms with Crippen LogP contribution in [0.5, 0.6) is 11.5 Å². The minimum absolute atomic E-state index is 0.0490. The lowest BCUT2D eigenvalue weighted by molar-refractivity contribution is -0.145. The van der Waals surface area contributed by atoms with Gasteiger partial charge in [0.25, 0.3) is 0 Å². The fourth-order valence-corrected chi connectivity index (χ4v) is 4.10. The minimum atomic E-state index is -0.923. The molecule has 162 valence electrons. The van der Waals surface area contributed by atoms with Gasteiger partial charge in [0, 0.05) is 16.8 Å². The fourth-order valence-electron chi connectivity index (χ4n) is 3.92. The second-order valence-electron chi connectivity index (χ2n) is 6.99. The first-order chi connectivity index (χ1) is 15.0. The van der Waals surface area contributed by atoms with Crippen LogP contribution in [-0.4, -0.2) is 31.9 Å². The molecule has 0 saturated carbocycles. The summed E-state index contributed by atoms with van der Waals surface area (Å²) in [4.78, 5) is 12.1. The van der Waals surface area contributed by atoms with Crippen molar-refractivity contribution in [3.63, 3.8) is 0 Å². The van der Waals surface area contributed by atoms with Gasteiger partial charge in [0.15, 0.2) is 11.5 Å². The Bertz CT molecular complexity index is 1130. The number of esters is 1. The summed E-state index contributed by atoms with van der Waals surface area (Å²) in [5.74, 6) is -0.406. The van der Waals surface area contributed by atoms with Gasteiger partial charge in [-0.3, -0.25) is 4.79 Å². The molecule has 0 saturated heterocycles. The molecule has 0 amide bonds. The number of hydrogen-bond acceptors (Lipinski definition) is 5. The summed E-state index contributed by atoms with van der Waals surface area (Å²) >= 11 is 6.31. The lowest BCUT2D eigenvalue weighted by Crippen LogP contribution is -2.16. The summed E-state index contributed by atoms with van der Waals surface area (Å²) in [6.45, 7) is 0. The van der Waals surface area contributed by atoms with Crippen LogP contribution in [-0.2, 0) is 14.3 Å². The van der Waals surface area contributed by atoms with Crippen molar-refractivity contribution in [2.75, 3.05) is 21.3 Å². The summed E-state index contributed by atoms with van der Waals surface area (Å²) in [5, 5.41) is 0.467. The molecule has 3 aromatic rings. The van der Waals surface area contributed by atoms with E-state index in [1.165, 1.54) is 33.5 Å². The topological polar surface area (TPSA) is 58.9 Å². The van der Waals surface area contributed by atoms with Crippen LogP contribution in [0.1, 0.15) is 35.4 Å². The Morgan fingerprint density at radius 2 is 1.97 bits per heavy atom. The van der Waals surface area contributed by atoms with E-state index in [4.69, 9.17) is 30.5 Å². The fraction of sp³-hybridized carbons (Fsp3) is 0.261. The highest BCUT2D eigenvalue weighted by Crippen LogP contribution is 2.47. The van der Waals surface area contributed by atoms with Gasteiger partial charge in [-0.25, -0.2) is 4.39 Å². The van der Waals surface area contributed by atoms with E-state index in [1.807, 2.05) is 29.0 Å². The first-order valence-electron chi connectivity index (χ1n) is 9.58. The van der Waals surface area contributed by atoms with Crippen molar-refractivity contribution in [2.45, 2.75) is 18.6 Å². The van der Waals surface area contributed by atoms with Crippen LogP contribution in [0.3, 0.4) is 0 Å². The van der Waals surface area contributed by atoms with Crippen LogP contribution in [0.15, 0.2) is 48.7 Å². The third-order valence-electron chi connectivity index (χ3n) is 5.31. The van der Waals surface area contributed by atoms with Gasteiger partial charge in [-0.15, -0.1) is 0 Å². The Balaban J connectivity index is 1.98. The van der Waals surface area contributed by atoms with E-state index in [2.05, 4.69) is 0 Å². The maximum atomic E-state index is 15.2. The van der Waals surface area contributed by atoms with E-state index in [9.17, 15) is 4.79 Å². The van der Waals surface area contributed by atoms with Gasteiger partial charge in [0.05, 0.1) is 44.7 Å². The van der Waals surface area contributed by atoms with Gasteiger partial charge in [-0.05, 0) is 42.5 Å². The summed E-state index contributed by atoms with van der Waals surface area (Å²) in [6, 6.07) is 11.8. The number of fused-ring (bicyclic) bond motifs is 3. The van der Waals surface area contributed by atoms with Gasteiger partial charge in [-0.1, -0.05) is 11.6 Å². The van der Waals surface area contributed by atoms with Gasteiger partial charge < -0.3 is 23.5 Å². The third-order valence-corrected chi connectivity index (χ3v) is 5.55. The molecule has 0 spiro atoms. The average Bonchev–Trinajstić information content (AvgIpc) is 3.22. The smallest absolute Gasteiger partial charge is 0.308 e. The average molecular weight is 446 g/mol. The zero-order chi connectivity index (χ0) is 22.1. The summed E-state index contributed by atoms with van der Waals surface area (Å²) in [7, 11) is 4.23. The van der Waals surface area contributed by atoms with Crippen LogP contribution in [0.2, 0.25) is 5.02 Å². The van der Waals surface area contributed by atoms with Gasteiger partial charge in [0.2, 0.25) is 0 Å². The van der Waals surface area contributed by atoms with Crippen LogP contribution >= 0.6 is 11.6 Å². The van der Waals surface area contributed by atoms with Crippen molar-refractivity contribution in [1.29, 1.82) is 0 Å². The van der Waals surface area contributed by atoms with E-state index in [1.54, 1.807) is 12.1 Å². The molecule has 2 atom stereocenters. The number of carbonyl (C=O) groups excluding carboxylic acids is 1. The normalized spacial score (nSPS) is 17.3. The Hall–Kier alpha value is -3.03. The van der Waals surface area contributed by atoms with Crippen molar-refractivity contribution >= 4 is 17.6 Å². The first kappa shape index (κ1) is 21.2. The molecular formula is C23H21ClFNO5. The molecule has 0 N–H and O–H groups in total. The SMILES string of the molecule is COC(=O)C[C@H]1O[C@H](c2c(F)ccc(OC)c2OC)c2cc(Cl)ccc2-n2cccc21. The Kier molecular flexibility index (Phi) is 5.89. The number of benzene rings is 2. The number of rotatable bonds is 5. The largest absolute Gasteiger partial charge is 0.493 e. The molecule has 4 rings (SSSR count). The monoisotopic (exact) mass is 445 g/mol. The molecule has 31 heavy (non-hydrogen) atoms. The first-order valence-corrected chi connectivity index (χ1v) is 9.96. The van der Waals surface area contributed by atoms with E-state index < -0.39 is 24.0 Å². The van der Waals surface area contributed by atoms with Gasteiger partial charge >= 0.3 is 5.97 Å². The predicted molar refractivity (Wildman–Crippen MR) is 113 cm³/mol.